The molecule has 0 saturated carbocycles. The molecule has 0 radical (unpaired) electrons. The number of ether oxygens (including phenoxy) is 1. The largest absolute Gasteiger partial charge is 0.396 e. The fourth-order valence-electron chi connectivity index (χ4n) is 1.63. The summed E-state index contributed by atoms with van der Waals surface area (Å²) in [4.78, 5) is 4.20. The third-order valence-electron chi connectivity index (χ3n) is 2.46. The lowest BCUT2D eigenvalue weighted by molar-refractivity contribution is -0.254. The van der Waals surface area contributed by atoms with Gasteiger partial charge in [0.1, 0.15) is 18.8 Å². The van der Waals surface area contributed by atoms with Crippen molar-refractivity contribution in [1.29, 1.82) is 0 Å². The van der Waals surface area contributed by atoms with Crippen LogP contribution in [-0.4, -0.2) is 57.7 Å². The first-order valence-electron chi connectivity index (χ1n) is 4.74. The average molecular weight is 223 g/mol. The van der Waals surface area contributed by atoms with Crippen LogP contribution in [0.1, 0.15) is 12.8 Å². The molecule has 0 aromatic carbocycles. The summed E-state index contributed by atoms with van der Waals surface area (Å²) in [6.45, 7) is -0.477. The van der Waals surface area contributed by atoms with Gasteiger partial charge in [-0.05, 0) is 12.8 Å². The van der Waals surface area contributed by atoms with Crippen LogP contribution in [-0.2, 0) is 9.57 Å². The van der Waals surface area contributed by atoms with Gasteiger partial charge >= 0.3 is 0 Å². The maximum Gasteiger partial charge on any atom is 0.221 e. The van der Waals surface area contributed by atoms with Crippen LogP contribution in [0, 0.1) is 0 Å². The zero-order valence-electron chi connectivity index (χ0n) is 8.24. The van der Waals surface area contributed by atoms with Gasteiger partial charge in [0.15, 0.2) is 0 Å². The number of rotatable bonds is 5. The van der Waals surface area contributed by atoms with E-state index in [0.717, 1.165) is 0 Å². The van der Waals surface area contributed by atoms with Crippen LogP contribution in [0.2, 0.25) is 0 Å². The molecular formula is C8H17NO6. The van der Waals surface area contributed by atoms with Crippen LogP contribution < -0.4 is 5.90 Å². The molecule has 1 aliphatic rings. The van der Waals surface area contributed by atoms with Gasteiger partial charge in [-0.2, -0.15) is 0 Å². The molecule has 7 nitrogen and oxygen atoms in total. The van der Waals surface area contributed by atoms with Gasteiger partial charge in [-0.25, -0.2) is 5.90 Å². The van der Waals surface area contributed by atoms with Gasteiger partial charge in [-0.15, -0.1) is 0 Å². The highest BCUT2D eigenvalue weighted by Gasteiger charge is 2.53. The van der Waals surface area contributed by atoms with Gasteiger partial charge in [0.25, 0.3) is 0 Å². The summed E-state index contributed by atoms with van der Waals surface area (Å²) in [6, 6.07) is 0. The number of nitrogens with two attached hydrogens (primary N) is 1. The monoisotopic (exact) mass is 223 g/mol. The standard InChI is InChI=1S/C8H17NO6/c9-14-4-8(13)7(12)6(11)5(15-8)2-1-3-10/h5-7,10-13H,1-4,9H2/t5-,6+,7-,8+/m0/s1. The van der Waals surface area contributed by atoms with Crippen molar-refractivity contribution in [2.24, 2.45) is 5.90 Å². The molecular weight excluding hydrogens is 206 g/mol. The minimum absolute atomic E-state index is 0.0471. The van der Waals surface area contributed by atoms with Crippen molar-refractivity contribution in [3.05, 3.63) is 0 Å². The van der Waals surface area contributed by atoms with Crippen LogP contribution in [0.3, 0.4) is 0 Å². The quantitative estimate of drug-likeness (QED) is 0.325. The maximum absolute atomic E-state index is 9.70. The van der Waals surface area contributed by atoms with Gasteiger partial charge < -0.3 is 25.2 Å². The molecule has 1 fully saturated rings. The smallest absolute Gasteiger partial charge is 0.221 e. The molecule has 15 heavy (non-hydrogen) atoms. The molecule has 0 amide bonds. The van der Waals surface area contributed by atoms with E-state index in [2.05, 4.69) is 4.84 Å². The van der Waals surface area contributed by atoms with Gasteiger partial charge in [-0.3, -0.25) is 4.84 Å². The summed E-state index contributed by atoms with van der Waals surface area (Å²) in [5.41, 5.74) is 0. The van der Waals surface area contributed by atoms with E-state index in [9.17, 15) is 15.3 Å². The second-order valence-electron chi connectivity index (χ2n) is 3.61. The summed E-state index contributed by atoms with van der Waals surface area (Å²) in [6.07, 6.45) is -2.66. The van der Waals surface area contributed by atoms with Crippen LogP contribution in [0.15, 0.2) is 0 Å². The first kappa shape index (κ1) is 12.8. The fraction of sp³-hybridized carbons (Fsp3) is 1.00. The molecule has 0 unspecified atom stereocenters. The Morgan fingerprint density at radius 1 is 1.40 bits per heavy atom. The molecule has 0 aliphatic carbocycles. The lowest BCUT2D eigenvalue weighted by atomic mass is 10.0. The highest BCUT2D eigenvalue weighted by molar-refractivity contribution is 4.95. The van der Waals surface area contributed by atoms with E-state index < -0.39 is 30.7 Å². The molecule has 0 aromatic heterocycles. The van der Waals surface area contributed by atoms with Gasteiger partial charge in [0.05, 0.1) is 6.10 Å². The van der Waals surface area contributed by atoms with Crippen LogP contribution in [0.5, 0.6) is 0 Å². The lowest BCUT2D eigenvalue weighted by Gasteiger charge is -2.24. The van der Waals surface area contributed by atoms with Crippen molar-refractivity contribution in [3.63, 3.8) is 0 Å². The summed E-state index contributed by atoms with van der Waals surface area (Å²) < 4.78 is 5.06. The molecule has 4 atom stereocenters. The Kier molecular flexibility index (Phi) is 4.41. The zero-order valence-corrected chi connectivity index (χ0v) is 8.24. The SMILES string of the molecule is NOC[C@@]1(O)O[C@@H](CCCO)[C@@H](O)[C@@H]1O. The molecule has 90 valence electrons. The summed E-state index contributed by atoms with van der Waals surface area (Å²) in [5, 5.41) is 37.3. The molecule has 1 aliphatic heterocycles. The summed E-state index contributed by atoms with van der Waals surface area (Å²) in [5.74, 6) is 2.80. The molecule has 0 aromatic rings. The van der Waals surface area contributed by atoms with Gasteiger partial charge in [0.2, 0.25) is 5.79 Å². The van der Waals surface area contributed by atoms with Crippen LogP contribution in [0.4, 0.5) is 0 Å². The van der Waals surface area contributed by atoms with Gasteiger partial charge in [0, 0.05) is 6.61 Å². The van der Waals surface area contributed by atoms with E-state index >= 15 is 0 Å². The third kappa shape index (κ3) is 2.64. The Bertz CT molecular complexity index is 204. The molecule has 1 rings (SSSR count). The normalized spacial score (nSPS) is 41.0. The van der Waals surface area contributed by atoms with Crippen LogP contribution >= 0.6 is 0 Å². The zero-order chi connectivity index (χ0) is 11.5. The minimum atomic E-state index is -1.98. The molecule has 0 bridgehead atoms. The molecule has 7 heteroatoms. The van der Waals surface area contributed by atoms with E-state index in [0.29, 0.717) is 12.8 Å². The average Bonchev–Trinajstić information content (AvgIpc) is 2.41. The Morgan fingerprint density at radius 2 is 2.07 bits per heavy atom. The Hall–Kier alpha value is -0.280. The summed E-state index contributed by atoms with van der Waals surface area (Å²) >= 11 is 0. The second kappa shape index (κ2) is 5.17. The molecule has 1 heterocycles. The fourth-order valence-corrected chi connectivity index (χ4v) is 1.63. The second-order valence-corrected chi connectivity index (χ2v) is 3.61. The number of aliphatic hydroxyl groups is 4. The van der Waals surface area contributed by atoms with E-state index in [-0.39, 0.29) is 6.61 Å². The number of aliphatic hydroxyl groups excluding tert-OH is 3. The van der Waals surface area contributed by atoms with Crippen molar-refractivity contribution in [1.82, 2.24) is 0 Å². The third-order valence-corrected chi connectivity index (χ3v) is 2.46. The van der Waals surface area contributed by atoms with E-state index in [1.54, 1.807) is 0 Å². The van der Waals surface area contributed by atoms with Crippen molar-refractivity contribution in [3.8, 4) is 0 Å². The highest BCUT2D eigenvalue weighted by atomic mass is 16.7. The van der Waals surface area contributed by atoms with Crippen molar-refractivity contribution >= 4 is 0 Å². The lowest BCUT2D eigenvalue weighted by Crippen LogP contribution is -2.47. The van der Waals surface area contributed by atoms with Gasteiger partial charge in [-0.1, -0.05) is 0 Å². The predicted molar refractivity (Wildman–Crippen MR) is 48.3 cm³/mol. The Morgan fingerprint density at radius 3 is 2.60 bits per heavy atom. The summed E-state index contributed by atoms with van der Waals surface area (Å²) in [7, 11) is 0. The first-order valence-corrected chi connectivity index (χ1v) is 4.74. The Labute approximate surface area is 87.0 Å². The maximum atomic E-state index is 9.70. The molecule has 1 saturated heterocycles. The van der Waals surface area contributed by atoms with Crippen LogP contribution in [0.25, 0.3) is 0 Å². The topological polar surface area (TPSA) is 125 Å². The van der Waals surface area contributed by atoms with E-state index in [1.165, 1.54) is 0 Å². The van der Waals surface area contributed by atoms with Crippen molar-refractivity contribution < 1.29 is 30.0 Å². The van der Waals surface area contributed by atoms with Crippen molar-refractivity contribution in [2.75, 3.05) is 13.2 Å². The molecule has 0 spiro atoms. The number of hydrogen-bond acceptors (Lipinski definition) is 7. The van der Waals surface area contributed by atoms with E-state index in [1.807, 2.05) is 0 Å². The number of hydrogen-bond donors (Lipinski definition) is 5. The minimum Gasteiger partial charge on any atom is -0.396 e. The van der Waals surface area contributed by atoms with E-state index in [4.69, 9.17) is 15.7 Å². The Balaban J connectivity index is 2.58. The first-order chi connectivity index (χ1) is 7.05. The van der Waals surface area contributed by atoms with Crippen molar-refractivity contribution in [2.45, 2.75) is 36.9 Å². The predicted octanol–water partition coefficient (Wildman–Crippen LogP) is -2.54. The highest BCUT2D eigenvalue weighted by Crippen LogP contribution is 2.31. The molecule has 6 N–H and O–H groups in total.